The highest BCUT2D eigenvalue weighted by Gasteiger charge is 2.03. The standard InChI is InChI=1S/C6H7NO2S.C5H5N5/c7-10(8,9)6-4-2-1-3-5-6;6-5-7-1-3-4(10-5)9-2-8-3/h1-5H,(H2,7,8,9);1-2H,(H3,6,7,8,9,10). The van der Waals surface area contributed by atoms with Crippen LogP contribution in [0.4, 0.5) is 5.95 Å². The number of primary sulfonamides is 1. The molecule has 0 spiro atoms. The van der Waals surface area contributed by atoms with Gasteiger partial charge in [0.25, 0.3) is 0 Å². The fraction of sp³-hybridized carbons (Fsp3) is 0. The van der Waals surface area contributed by atoms with Crippen LogP contribution in [-0.2, 0) is 10.0 Å². The maximum atomic E-state index is 10.6. The first-order valence-corrected chi connectivity index (χ1v) is 7.01. The van der Waals surface area contributed by atoms with Crippen LogP contribution >= 0.6 is 0 Å². The molecule has 2 aromatic heterocycles. The van der Waals surface area contributed by atoms with Gasteiger partial charge in [-0.3, -0.25) is 0 Å². The van der Waals surface area contributed by atoms with Crippen molar-refractivity contribution < 1.29 is 8.42 Å². The molecule has 3 aromatic rings. The van der Waals surface area contributed by atoms with Crippen LogP contribution in [0.5, 0.6) is 0 Å². The minimum Gasteiger partial charge on any atom is -0.368 e. The van der Waals surface area contributed by atoms with Crippen molar-refractivity contribution in [3.05, 3.63) is 42.9 Å². The predicted molar refractivity (Wildman–Crippen MR) is 73.9 cm³/mol. The molecule has 20 heavy (non-hydrogen) atoms. The van der Waals surface area contributed by atoms with Crippen molar-refractivity contribution in [3.8, 4) is 0 Å². The Hall–Kier alpha value is -2.52. The van der Waals surface area contributed by atoms with Crippen LogP contribution in [0.25, 0.3) is 11.2 Å². The van der Waals surface area contributed by atoms with E-state index in [2.05, 4.69) is 19.9 Å². The highest BCUT2D eigenvalue weighted by molar-refractivity contribution is 7.89. The maximum Gasteiger partial charge on any atom is 0.238 e. The van der Waals surface area contributed by atoms with Gasteiger partial charge in [-0.2, -0.15) is 4.98 Å². The quantitative estimate of drug-likeness (QED) is 0.588. The first-order valence-electron chi connectivity index (χ1n) is 5.46. The number of nitrogen functional groups attached to an aromatic ring is 1. The van der Waals surface area contributed by atoms with Crippen LogP contribution in [-0.4, -0.2) is 28.4 Å². The van der Waals surface area contributed by atoms with Crippen LogP contribution in [0, 0.1) is 0 Å². The molecule has 0 aliphatic heterocycles. The molecule has 0 radical (unpaired) electrons. The molecule has 104 valence electrons. The molecule has 0 saturated heterocycles. The van der Waals surface area contributed by atoms with E-state index in [9.17, 15) is 8.42 Å². The lowest BCUT2D eigenvalue weighted by molar-refractivity contribution is 0.598. The fourth-order valence-electron chi connectivity index (χ4n) is 1.36. The third-order valence-electron chi connectivity index (χ3n) is 2.27. The van der Waals surface area contributed by atoms with Gasteiger partial charge in [-0.05, 0) is 12.1 Å². The van der Waals surface area contributed by atoms with E-state index in [4.69, 9.17) is 10.9 Å². The first-order chi connectivity index (χ1) is 9.47. The van der Waals surface area contributed by atoms with Gasteiger partial charge < -0.3 is 10.7 Å². The monoisotopic (exact) mass is 292 g/mol. The average Bonchev–Trinajstić information content (AvgIpc) is 2.87. The number of anilines is 1. The number of hydrogen-bond donors (Lipinski definition) is 3. The normalized spacial score (nSPS) is 10.8. The van der Waals surface area contributed by atoms with Crippen molar-refractivity contribution in [3.63, 3.8) is 0 Å². The maximum absolute atomic E-state index is 10.6. The number of aromatic amines is 1. The summed E-state index contributed by atoms with van der Waals surface area (Å²) in [5.41, 5.74) is 6.71. The van der Waals surface area contributed by atoms with Crippen molar-refractivity contribution in [2.75, 3.05) is 5.73 Å². The van der Waals surface area contributed by atoms with E-state index in [0.29, 0.717) is 5.65 Å². The zero-order valence-electron chi connectivity index (χ0n) is 10.3. The Bertz CT molecular complexity index is 800. The number of aromatic nitrogens is 4. The van der Waals surface area contributed by atoms with Gasteiger partial charge in [0, 0.05) is 0 Å². The molecule has 8 nitrogen and oxygen atoms in total. The summed E-state index contributed by atoms with van der Waals surface area (Å²) in [6.45, 7) is 0. The van der Waals surface area contributed by atoms with Gasteiger partial charge in [-0.15, -0.1) is 0 Å². The second kappa shape index (κ2) is 5.63. The molecule has 0 atom stereocenters. The molecule has 0 fully saturated rings. The summed E-state index contributed by atoms with van der Waals surface area (Å²) in [5.74, 6) is 0.250. The highest BCUT2D eigenvalue weighted by Crippen LogP contribution is 2.04. The molecule has 0 bridgehead atoms. The van der Waals surface area contributed by atoms with Crippen LogP contribution in [0.1, 0.15) is 0 Å². The van der Waals surface area contributed by atoms with Crippen molar-refractivity contribution in [1.82, 2.24) is 19.9 Å². The van der Waals surface area contributed by atoms with Crippen LogP contribution < -0.4 is 10.9 Å². The van der Waals surface area contributed by atoms with E-state index in [1.165, 1.54) is 12.1 Å². The summed E-state index contributed by atoms with van der Waals surface area (Å²) >= 11 is 0. The van der Waals surface area contributed by atoms with Crippen molar-refractivity contribution >= 4 is 27.1 Å². The van der Waals surface area contributed by atoms with E-state index >= 15 is 0 Å². The average molecular weight is 292 g/mol. The minimum absolute atomic E-state index is 0.148. The fourth-order valence-corrected chi connectivity index (χ4v) is 1.90. The van der Waals surface area contributed by atoms with E-state index in [-0.39, 0.29) is 10.8 Å². The van der Waals surface area contributed by atoms with Gasteiger partial charge in [-0.1, -0.05) is 18.2 Å². The highest BCUT2D eigenvalue weighted by atomic mass is 32.2. The Kier molecular flexibility index (Phi) is 3.91. The van der Waals surface area contributed by atoms with Gasteiger partial charge in [0.2, 0.25) is 16.0 Å². The minimum atomic E-state index is -3.50. The van der Waals surface area contributed by atoms with Crippen molar-refractivity contribution in [2.45, 2.75) is 4.90 Å². The molecule has 3 rings (SSSR count). The second-order valence-corrected chi connectivity index (χ2v) is 5.29. The number of sulfonamides is 1. The summed E-state index contributed by atoms with van der Waals surface area (Å²) in [4.78, 5) is 14.5. The lowest BCUT2D eigenvalue weighted by Gasteiger charge is -1.93. The molecule has 9 heteroatoms. The lowest BCUT2D eigenvalue weighted by atomic mass is 10.4. The number of benzene rings is 1. The third kappa shape index (κ3) is 3.49. The molecule has 0 aliphatic rings. The molecule has 5 N–H and O–H groups in total. The van der Waals surface area contributed by atoms with Crippen LogP contribution in [0.3, 0.4) is 0 Å². The molecule has 0 amide bonds. The number of hydrogen-bond acceptors (Lipinski definition) is 6. The van der Waals surface area contributed by atoms with E-state index in [1.54, 1.807) is 30.7 Å². The molecule has 0 saturated carbocycles. The van der Waals surface area contributed by atoms with E-state index in [1.807, 2.05) is 0 Å². The Morgan fingerprint density at radius 3 is 2.40 bits per heavy atom. The van der Waals surface area contributed by atoms with Gasteiger partial charge in [0.15, 0.2) is 5.65 Å². The number of fused-ring (bicyclic) bond motifs is 1. The zero-order valence-corrected chi connectivity index (χ0v) is 11.1. The molecule has 2 heterocycles. The Labute approximate surface area is 114 Å². The van der Waals surface area contributed by atoms with E-state index < -0.39 is 10.0 Å². The number of nitrogens with two attached hydrogens (primary N) is 2. The number of imidazole rings is 1. The summed E-state index contributed by atoms with van der Waals surface area (Å²) in [7, 11) is -3.50. The van der Waals surface area contributed by atoms with Crippen LogP contribution in [0.15, 0.2) is 47.8 Å². The summed E-state index contributed by atoms with van der Waals surface area (Å²) < 4.78 is 21.2. The second-order valence-electron chi connectivity index (χ2n) is 3.73. The summed E-state index contributed by atoms with van der Waals surface area (Å²) in [6.07, 6.45) is 3.16. The van der Waals surface area contributed by atoms with Gasteiger partial charge in [0.05, 0.1) is 17.4 Å². The number of nitrogens with zero attached hydrogens (tertiary/aromatic N) is 3. The van der Waals surface area contributed by atoms with Crippen molar-refractivity contribution in [2.24, 2.45) is 5.14 Å². The Morgan fingerprint density at radius 1 is 1.10 bits per heavy atom. The third-order valence-corrected chi connectivity index (χ3v) is 3.20. The zero-order chi connectivity index (χ0) is 14.6. The topological polar surface area (TPSA) is 141 Å². The SMILES string of the molecule is NS(=O)(=O)c1ccccc1.Nc1ncc2[nH]cnc2n1. The summed E-state index contributed by atoms with van der Waals surface area (Å²) in [6, 6.07) is 7.89. The Balaban J connectivity index is 0.000000147. The largest absolute Gasteiger partial charge is 0.368 e. The molecular weight excluding hydrogens is 280 g/mol. The van der Waals surface area contributed by atoms with E-state index in [0.717, 1.165) is 5.52 Å². The predicted octanol–water partition coefficient (Wildman–Crippen LogP) is 0.269. The molecule has 1 aromatic carbocycles. The summed E-state index contributed by atoms with van der Waals surface area (Å²) in [5, 5.41) is 4.83. The molecular formula is C11H12N6O2S. The lowest BCUT2D eigenvalue weighted by Crippen LogP contribution is -2.11. The smallest absolute Gasteiger partial charge is 0.238 e. The van der Waals surface area contributed by atoms with Gasteiger partial charge >= 0.3 is 0 Å². The number of nitrogens with one attached hydrogen (secondary N) is 1. The van der Waals surface area contributed by atoms with Crippen LogP contribution in [0.2, 0.25) is 0 Å². The number of rotatable bonds is 1. The van der Waals surface area contributed by atoms with Gasteiger partial charge in [-0.25, -0.2) is 23.5 Å². The first kappa shape index (κ1) is 13.9. The van der Waals surface area contributed by atoms with Gasteiger partial charge in [0.1, 0.15) is 5.52 Å². The molecule has 0 unspecified atom stereocenters. The number of H-pyrrole nitrogens is 1. The molecule has 0 aliphatic carbocycles. The van der Waals surface area contributed by atoms with Crippen molar-refractivity contribution in [1.29, 1.82) is 0 Å². The Morgan fingerprint density at radius 2 is 1.80 bits per heavy atom.